The Hall–Kier alpha value is -0.520. The largest absolute Gasteiger partial charge is 0.394 e. The molecule has 0 radical (unpaired) electrons. The molecule has 0 fully saturated rings. The van der Waals surface area contributed by atoms with E-state index in [0.29, 0.717) is 158 Å². The van der Waals surface area contributed by atoms with Crippen molar-refractivity contribution in [1.29, 1.82) is 0 Å². The Kier molecular flexibility index (Phi) is 49.0. The van der Waals surface area contributed by atoms with Gasteiger partial charge in [0.1, 0.15) is 0 Å². The zero-order valence-corrected chi connectivity index (χ0v) is 34.1. The van der Waals surface area contributed by atoms with Crippen LogP contribution in [0.25, 0.3) is 0 Å². The maximum atomic E-state index is 8.60. The highest BCUT2D eigenvalue weighted by atomic mass is 16.6. The van der Waals surface area contributed by atoms with E-state index in [2.05, 4.69) is 13.8 Å². The molecule has 0 aromatic heterocycles. The summed E-state index contributed by atoms with van der Waals surface area (Å²) >= 11 is 0. The van der Waals surface area contributed by atoms with E-state index in [1.807, 2.05) is 0 Å². The first-order chi connectivity index (χ1) is 26.3. The number of hydrogen-bond acceptors (Lipinski definition) is 13. The summed E-state index contributed by atoms with van der Waals surface area (Å²) in [5.74, 6) is 0.688. The van der Waals surface area contributed by atoms with Crippen LogP contribution in [-0.4, -0.2) is 170 Å². The van der Waals surface area contributed by atoms with Gasteiger partial charge in [0.15, 0.2) is 0 Å². The lowest BCUT2D eigenvalue weighted by Gasteiger charge is -2.17. The highest BCUT2D eigenvalue weighted by molar-refractivity contribution is 4.60. The predicted molar refractivity (Wildman–Crippen MR) is 207 cm³/mol. The summed E-state index contributed by atoms with van der Waals surface area (Å²) in [6, 6.07) is 0. The molecule has 0 aliphatic heterocycles. The van der Waals surface area contributed by atoms with Gasteiger partial charge in [-0.1, -0.05) is 78.1 Å². The number of ether oxygens (including phenoxy) is 12. The van der Waals surface area contributed by atoms with Crippen molar-refractivity contribution in [2.45, 2.75) is 90.9 Å². The van der Waals surface area contributed by atoms with E-state index in [-0.39, 0.29) is 6.61 Å². The summed E-state index contributed by atoms with van der Waals surface area (Å²) in [7, 11) is 0. The van der Waals surface area contributed by atoms with Gasteiger partial charge in [-0.25, -0.2) is 0 Å². The van der Waals surface area contributed by atoms with Crippen molar-refractivity contribution in [1.82, 2.24) is 0 Å². The zero-order valence-electron chi connectivity index (χ0n) is 34.1. The molecule has 1 atom stereocenters. The molecular formula is C40H82O13. The van der Waals surface area contributed by atoms with Crippen molar-refractivity contribution in [3.8, 4) is 0 Å². The first-order valence-electron chi connectivity index (χ1n) is 20.9. The Morgan fingerprint density at radius 2 is 0.509 bits per heavy atom. The third-order valence-electron chi connectivity index (χ3n) is 8.11. The second-order valence-corrected chi connectivity index (χ2v) is 12.8. The molecule has 13 heteroatoms. The van der Waals surface area contributed by atoms with Gasteiger partial charge >= 0.3 is 0 Å². The average molecular weight is 771 g/mol. The Labute approximate surface area is 323 Å². The fraction of sp³-hybridized carbons (Fsp3) is 1.00. The third-order valence-corrected chi connectivity index (χ3v) is 8.11. The van der Waals surface area contributed by atoms with E-state index < -0.39 is 0 Å². The lowest BCUT2D eigenvalue weighted by Crippen LogP contribution is -2.16. The molecule has 0 aliphatic carbocycles. The van der Waals surface area contributed by atoms with Crippen LogP contribution in [0.2, 0.25) is 0 Å². The minimum absolute atomic E-state index is 0.0268. The van der Waals surface area contributed by atoms with E-state index in [4.69, 9.17) is 61.9 Å². The predicted octanol–water partition coefficient (Wildman–Crippen LogP) is 5.52. The van der Waals surface area contributed by atoms with Gasteiger partial charge in [-0.3, -0.25) is 0 Å². The van der Waals surface area contributed by atoms with Gasteiger partial charge in [0.05, 0.1) is 159 Å². The molecule has 0 heterocycles. The zero-order chi connectivity index (χ0) is 38.2. The van der Waals surface area contributed by atoms with Crippen molar-refractivity contribution in [2.24, 2.45) is 5.92 Å². The average Bonchev–Trinajstić information content (AvgIpc) is 3.17. The molecule has 0 spiro atoms. The number of rotatable bonds is 49. The van der Waals surface area contributed by atoms with E-state index in [0.717, 1.165) is 6.61 Å². The van der Waals surface area contributed by atoms with E-state index in [1.54, 1.807) is 0 Å². The SMILES string of the molecule is CCCCCCCCC(CCCCCC)COCCOCCOCCOCCOCCOCCOCCOCCOCCOCCOCCOCCO. The lowest BCUT2D eigenvalue weighted by molar-refractivity contribution is -0.0289. The van der Waals surface area contributed by atoms with Gasteiger partial charge in [-0.05, 0) is 18.8 Å². The van der Waals surface area contributed by atoms with Crippen LogP contribution in [0, 0.1) is 5.92 Å². The molecule has 1 N–H and O–H groups in total. The summed E-state index contributed by atoms with van der Waals surface area (Å²) in [5, 5.41) is 8.60. The van der Waals surface area contributed by atoms with E-state index >= 15 is 0 Å². The summed E-state index contributed by atoms with van der Waals surface area (Å²) in [5.41, 5.74) is 0. The molecule has 0 aromatic rings. The summed E-state index contributed by atoms with van der Waals surface area (Å²) < 4.78 is 66.1. The normalized spacial score (nSPS) is 12.3. The van der Waals surface area contributed by atoms with Crippen LogP contribution < -0.4 is 0 Å². The summed E-state index contributed by atoms with van der Waals surface area (Å²) in [6.45, 7) is 17.4. The minimum atomic E-state index is 0.0268. The van der Waals surface area contributed by atoms with Crippen molar-refractivity contribution >= 4 is 0 Å². The molecule has 0 aromatic carbocycles. The standard InChI is InChI=1S/C40H82O13/c1-3-5-7-9-10-12-14-40(13-11-8-6-4-2)39-53-38-37-52-36-35-51-34-33-50-32-31-49-30-29-48-28-27-47-26-25-46-24-23-45-22-21-44-20-19-43-18-17-42-16-15-41/h40-41H,3-39H2,1-2H3. The smallest absolute Gasteiger partial charge is 0.0701 e. The van der Waals surface area contributed by atoms with Crippen molar-refractivity contribution < 1.29 is 61.9 Å². The molecule has 0 bridgehead atoms. The van der Waals surface area contributed by atoms with Crippen LogP contribution in [0.4, 0.5) is 0 Å². The van der Waals surface area contributed by atoms with Crippen LogP contribution in [0.1, 0.15) is 90.9 Å². The molecule has 0 aliphatic rings. The number of hydrogen-bond donors (Lipinski definition) is 1. The van der Waals surface area contributed by atoms with Gasteiger partial charge in [-0.15, -0.1) is 0 Å². The highest BCUT2D eigenvalue weighted by Gasteiger charge is 2.09. The van der Waals surface area contributed by atoms with Crippen LogP contribution in [0.15, 0.2) is 0 Å². The van der Waals surface area contributed by atoms with Gasteiger partial charge in [0.2, 0.25) is 0 Å². The summed E-state index contributed by atoms with van der Waals surface area (Å²) in [4.78, 5) is 0. The molecule has 0 saturated heterocycles. The van der Waals surface area contributed by atoms with Crippen LogP contribution >= 0.6 is 0 Å². The number of aliphatic hydroxyl groups excluding tert-OH is 1. The maximum absolute atomic E-state index is 8.60. The van der Waals surface area contributed by atoms with Crippen LogP contribution in [0.3, 0.4) is 0 Å². The van der Waals surface area contributed by atoms with Crippen molar-refractivity contribution in [3.63, 3.8) is 0 Å². The maximum Gasteiger partial charge on any atom is 0.0701 e. The molecule has 53 heavy (non-hydrogen) atoms. The van der Waals surface area contributed by atoms with Gasteiger partial charge in [0, 0.05) is 6.61 Å². The van der Waals surface area contributed by atoms with Gasteiger partial charge in [-0.2, -0.15) is 0 Å². The van der Waals surface area contributed by atoms with E-state index in [1.165, 1.54) is 77.0 Å². The Bertz CT molecular complexity index is 635. The first kappa shape index (κ1) is 52.5. The van der Waals surface area contributed by atoms with Gasteiger partial charge < -0.3 is 61.9 Å². The molecule has 13 nitrogen and oxygen atoms in total. The molecule has 0 amide bonds. The van der Waals surface area contributed by atoms with E-state index in [9.17, 15) is 0 Å². The number of unbranched alkanes of at least 4 members (excludes halogenated alkanes) is 8. The second kappa shape index (κ2) is 49.5. The fourth-order valence-electron chi connectivity index (χ4n) is 5.12. The monoisotopic (exact) mass is 771 g/mol. The Morgan fingerprint density at radius 3 is 0.792 bits per heavy atom. The van der Waals surface area contributed by atoms with Gasteiger partial charge in [0.25, 0.3) is 0 Å². The topological polar surface area (TPSA) is 131 Å². The number of aliphatic hydroxyl groups is 1. The molecule has 320 valence electrons. The summed E-state index contributed by atoms with van der Waals surface area (Å²) in [6.07, 6.45) is 16.0. The first-order valence-corrected chi connectivity index (χ1v) is 20.9. The Balaban J connectivity index is 3.28. The van der Waals surface area contributed by atoms with Crippen LogP contribution in [-0.2, 0) is 56.8 Å². The Morgan fingerprint density at radius 1 is 0.283 bits per heavy atom. The second-order valence-electron chi connectivity index (χ2n) is 12.8. The quantitative estimate of drug-likeness (QED) is 0.0781. The highest BCUT2D eigenvalue weighted by Crippen LogP contribution is 2.19. The lowest BCUT2D eigenvalue weighted by atomic mass is 9.95. The molecule has 0 saturated carbocycles. The minimum Gasteiger partial charge on any atom is -0.394 e. The molecular weight excluding hydrogens is 688 g/mol. The van der Waals surface area contributed by atoms with Crippen LogP contribution in [0.5, 0.6) is 0 Å². The fourth-order valence-corrected chi connectivity index (χ4v) is 5.12. The molecule has 1 unspecified atom stereocenters. The molecule has 0 rings (SSSR count). The van der Waals surface area contributed by atoms with Crippen molar-refractivity contribution in [3.05, 3.63) is 0 Å². The third kappa shape index (κ3) is 47.6. The van der Waals surface area contributed by atoms with Crippen molar-refractivity contribution in [2.75, 3.05) is 165 Å².